The molecular weight excluding hydrogens is 368 g/mol. The van der Waals surface area contributed by atoms with E-state index in [0.29, 0.717) is 23.6 Å². The van der Waals surface area contributed by atoms with Crippen molar-refractivity contribution in [2.45, 2.75) is 19.8 Å². The van der Waals surface area contributed by atoms with Crippen molar-refractivity contribution < 1.29 is 19.1 Å². The smallest absolute Gasteiger partial charge is 0.252 e. The number of ether oxygens (including phenoxy) is 1. The van der Waals surface area contributed by atoms with E-state index in [1.807, 2.05) is 6.92 Å². The molecule has 2 rings (SSSR count). The second kappa shape index (κ2) is 9.73. The fraction of sp³-hybridized carbons (Fsp3) is 0.250. The summed E-state index contributed by atoms with van der Waals surface area (Å²) in [5.74, 6) is -0.0990. The van der Waals surface area contributed by atoms with Crippen molar-refractivity contribution >= 4 is 34.9 Å². The quantitative estimate of drug-likeness (QED) is 0.675. The minimum atomic E-state index is -0.346. The lowest BCUT2D eigenvalue weighted by atomic mass is 10.1. The number of benzene rings is 2. The van der Waals surface area contributed by atoms with E-state index in [1.165, 1.54) is 19.2 Å². The van der Waals surface area contributed by atoms with Crippen molar-refractivity contribution in [2.75, 3.05) is 19.0 Å². The number of amides is 2. The molecule has 0 heterocycles. The number of rotatable bonds is 8. The summed E-state index contributed by atoms with van der Waals surface area (Å²) >= 11 is 5.98. The van der Waals surface area contributed by atoms with E-state index in [1.54, 1.807) is 30.3 Å². The zero-order valence-corrected chi connectivity index (χ0v) is 15.9. The Hall–Kier alpha value is -2.86. The van der Waals surface area contributed by atoms with Crippen LogP contribution in [0, 0.1) is 0 Å². The van der Waals surface area contributed by atoms with Crippen LogP contribution in [-0.2, 0) is 4.79 Å². The van der Waals surface area contributed by atoms with Gasteiger partial charge in [-0.3, -0.25) is 14.4 Å². The molecule has 0 aliphatic rings. The predicted octanol–water partition coefficient (Wildman–Crippen LogP) is 3.70. The van der Waals surface area contributed by atoms with Crippen LogP contribution in [0.4, 0.5) is 5.69 Å². The summed E-state index contributed by atoms with van der Waals surface area (Å²) in [5.41, 5.74) is 1.23. The lowest BCUT2D eigenvalue weighted by Crippen LogP contribution is -2.19. The lowest BCUT2D eigenvalue weighted by molar-refractivity contribution is -0.116. The Morgan fingerprint density at radius 2 is 1.74 bits per heavy atom. The molecule has 0 spiro atoms. The molecule has 0 saturated carbocycles. The van der Waals surface area contributed by atoms with Gasteiger partial charge in [-0.25, -0.2) is 0 Å². The van der Waals surface area contributed by atoms with E-state index in [4.69, 9.17) is 16.3 Å². The van der Waals surface area contributed by atoms with Crippen LogP contribution in [0.25, 0.3) is 0 Å². The highest BCUT2D eigenvalue weighted by atomic mass is 35.5. The van der Waals surface area contributed by atoms with Gasteiger partial charge in [0.1, 0.15) is 5.75 Å². The average molecular weight is 389 g/mol. The lowest BCUT2D eigenvalue weighted by Gasteiger charge is -2.09. The minimum absolute atomic E-state index is 0.0317. The number of hydrogen-bond donors (Lipinski definition) is 2. The number of carbonyl (C=O) groups is 3. The first-order valence-corrected chi connectivity index (χ1v) is 8.90. The van der Waals surface area contributed by atoms with Gasteiger partial charge in [-0.2, -0.15) is 0 Å². The van der Waals surface area contributed by atoms with Crippen LogP contribution in [-0.4, -0.2) is 31.3 Å². The molecule has 2 aromatic rings. The predicted molar refractivity (Wildman–Crippen MR) is 105 cm³/mol. The van der Waals surface area contributed by atoms with Gasteiger partial charge in [0.15, 0.2) is 5.78 Å². The van der Waals surface area contributed by atoms with E-state index < -0.39 is 0 Å². The maximum absolute atomic E-state index is 12.2. The highest BCUT2D eigenvalue weighted by molar-refractivity contribution is 6.34. The highest BCUT2D eigenvalue weighted by Gasteiger charge is 2.13. The van der Waals surface area contributed by atoms with Crippen LogP contribution in [0.5, 0.6) is 5.75 Å². The number of nitrogens with one attached hydrogen (secondary N) is 2. The van der Waals surface area contributed by atoms with Crippen molar-refractivity contribution in [3.63, 3.8) is 0 Å². The minimum Gasteiger partial charge on any atom is -0.494 e. The van der Waals surface area contributed by atoms with E-state index in [9.17, 15) is 14.4 Å². The molecule has 142 valence electrons. The van der Waals surface area contributed by atoms with Crippen LogP contribution < -0.4 is 15.4 Å². The van der Waals surface area contributed by atoms with Crippen molar-refractivity contribution in [3.8, 4) is 5.75 Å². The Labute approximate surface area is 162 Å². The van der Waals surface area contributed by atoms with Gasteiger partial charge in [0.05, 0.1) is 17.2 Å². The van der Waals surface area contributed by atoms with Gasteiger partial charge in [0.25, 0.3) is 5.91 Å². The standard InChI is InChI=1S/C20H21ClN2O4/c1-3-27-15-7-4-13(5-8-15)18(24)10-11-19(25)23-14-6-9-17(21)16(12-14)20(26)22-2/h4-9,12H,3,10-11H2,1-2H3,(H,22,26)(H,23,25). The number of halogens is 1. The van der Waals surface area contributed by atoms with Crippen molar-refractivity contribution in [1.82, 2.24) is 5.32 Å². The third-order valence-electron chi connectivity index (χ3n) is 3.79. The molecule has 0 aromatic heterocycles. The highest BCUT2D eigenvalue weighted by Crippen LogP contribution is 2.21. The molecule has 0 atom stereocenters. The molecule has 2 N–H and O–H groups in total. The monoisotopic (exact) mass is 388 g/mol. The third kappa shape index (κ3) is 5.82. The van der Waals surface area contributed by atoms with Gasteiger partial charge in [-0.15, -0.1) is 0 Å². The second-order valence-corrected chi connectivity index (χ2v) is 6.11. The molecule has 0 aliphatic heterocycles. The summed E-state index contributed by atoms with van der Waals surface area (Å²) in [6.07, 6.45) is 0.111. The van der Waals surface area contributed by atoms with Crippen molar-refractivity contribution in [2.24, 2.45) is 0 Å². The summed E-state index contributed by atoms with van der Waals surface area (Å²) in [5, 5.41) is 5.44. The Morgan fingerprint density at radius 3 is 2.37 bits per heavy atom. The average Bonchev–Trinajstić information content (AvgIpc) is 2.68. The maximum Gasteiger partial charge on any atom is 0.252 e. The Bertz CT molecular complexity index is 834. The molecule has 2 aromatic carbocycles. The number of carbonyl (C=O) groups excluding carboxylic acids is 3. The SMILES string of the molecule is CCOc1ccc(C(=O)CCC(=O)Nc2ccc(Cl)c(C(=O)NC)c2)cc1. The second-order valence-electron chi connectivity index (χ2n) is 5.70. The summed E-state index contributed by atoms with van der Waals surface area (Å²) < 4.78 is 5.33. The Morgan fingerprint density at radius 1 is 1.04 bits per heavy atom. The van der Waals surface area contributed by atoms with Gasteiger partial charge in [0.2, 0.25) is 5.91 Å². The summed E-state index contributed by atoms with van der Waals surface area (Å²) in [7, 11) is 1.50. The van der Waals surface area contributed by atoms with Crippen LogP contribution >= 0.6 is 11.6 Å². The topological polar surface area (TPSA) is 84.5 Å². The van der Waals surface area contributed by atoms with Crippen molar-refractivity contribution in [3.05, 3.63) is 58.6 Å². The van der Waals surface area contributed by atoms with Gasteiger partial charge in [-0.05, 0) is 49.4 Å². The summed E-state index contributed by atoms with van der Waals surface area (Å²) in [6.45, 7) is 2.44. The molecule has 2 amide bonds. The van der Waals surface area contributed by atoms with Crippen LogP contribution in [0.15, 0.2) is 42.5 Å². The van der Waals surface area contributed by atoms with Gasteiger partial charge in [0, 0.05) is 31.1 Å². The fourth-order valence-electron chi connectivity index (χ4n) is 2.41. The summed E-state index contributed by atoms with van der Waals surface area (Å²) in [4.78, 5) is 36.1. The first-order chi connectivity index (χ1) is 12.9. The first kappa shape index (κ1) is 20.5. The van der Waals surface area contributed by atoms with E-state index in [-0.39, 0.29) is 41.0 Å². The van der Waals surface area contributed by atoms with Crippen LogP contribution in [0.3, 0.4) is 0 Å². The number of anilines is 1. The van der Waals surface area contributed by atoms with E-state index in [2.05, 4.69) is 10.6 Å². The zero-order chi connectivity index (χ0) is 19.8. The number of ketones is 1. The molecule has 0 aliphatic carbocycles. The maximum atomic E-state index is 12.2. The molecule has 0 radical (unpaired) electrons. The molecule has 0 unspecified atom stereocenters. The normalized spacial score (nSPS) is 10.2. The number of hydrogen-bond acceptors (Lipinski definition) is 4. The van der Waals surface area contributed by atoms with Gasteiger partial charge in [-0.1, -0.05) is 11.6 Å². The molecule has 0 fully saturated rings. The molecule has 7 heteroatoms. The molecule has 0 bridgehead atoms. The van der Waals surface area contributed by atoms with Crippen molar-refractivity contribution in [1.29, 1.82) is 0 Å². The van der Waals surface area contributed by atoms with Gasteiger partial charge < -0.3 is 15.4 Å². The Balaban J connectivity index is 1.92. The largest absolute Gasteiger partial charge is 0.494 e. The first-order valence-electron chi connectivity index (χ1n) is 8.52. The van der Waals surface area contributed by atoms with Gasteiger partial charge >= 0.3 is 0 Å². The summed E-state index contributed by atoms with van der Waals surface area (Å²) in [6, 6.07) is 11.4. The molecule has 6 nitrogen and oxygen atoms in total. The van der Waals surface area contributed by atoms with Crippen LogP contribution in [0.1, 0.15) is 40.5 Å². The van der Waals surface area contributed by atoms with Crippen LogP contribution in [0.2, 0.25) is 5.02 Å². The third-order valence-corrected chi connectivity index (χ3v) is 4.12. The number of Topliss-reactive ketones (excluding diaryl/α,β-unsaturated/α-hetero) is 1. The van der Waals surface area contributed by atoms with E-state index >= 15 is 0 Å². The zero-order valence-electron chi connectivity index (χ0n) is 15.2. The molecular formula is C20H21ClN2O4. The van der Waals surface area contributed by atoms with E-state index in [0.717, 1.165) is 0 Å². The molecule has 27 heavy (non-hydrogen) atoms. The fourth-order valence-corrected chi connectivity index (χ4v) is 2.61. The molecule has 0 saturated heterocycles. The Kier molecular flexibility index (Phi) is 7.37.